The summed E-state index contributed by atoms with van der Waals surface area (Å²) in [6, 6.07) is -0.260. The molecule has 2 N–H and O–H groups in total. The zero-order valence-electron chi connectivity index (χ0n) is 14.5. The van der Waals surface area contributed by atoms with E-state index < -0.39 is 0 Å². The highest BCUT2D eigenvalue weighted by molar-refractivity contribution is 7.13. The van der Waals surface area contributed by atoms with Crippen molar-refractivity contribution in [2.75, 3.05) is 6.61 Å². The van der Waals surface area contributed by atoms with Gasteiger partial charge in [0, 0.05) is 18.0 Å². The molecule has 0 unspecified atom stereocenters. The second-order valence-corrected chi connectivity index (χ2v) is 7.06. The molecule has 132 valence electrons. The van der Waals surface area contributed by atoms with E-state index in [1.54, 1.807) is 13.1 Å². The zero-order chi connectivity index (χ0) is 17.5. The van der Waals surface area contributed by atoms with Gasteiger partial charge < -0.3 is 14.9 Å². The molecule has 0 aromatic carbocycles. The molecule has 0 fully saturated rings. The number of carbonyl (C=O) groups is 1. The lowest BCUT2D eigenvalue weighted by molar-refractivity contribution is 0.0926. The molecule has 0 spiro atoms. The van der Waals surface area contributed by atoms with Crippen LogP contribution in [-0.2, 0) is 19.3 Å². The Morgan fingerprint density at radius 2 is 2.21 bits per heavy atom. The van der Waals surface area contributed by atoms with Crippen molar-refractivity contribution < 1.29 is 14.4 Å². The molecule has 24 heavy (non-hydrogen) atoms. The molecule has 1 amide bonds. The van der Waals surface area contributed by atoms with Crippen molar-refractivity contribution in [1.29, 1.82) is 0 Å². The summed E-state index contributed by atoms with van der Waals surface area (Å²) in [5.41, 5.74) is 2.21. The Morgan fingerprint density at radius 1 is 1.42 bits per heavy atom. The number of thiazole rings is 1. The molecule has 0 aliphatic heterocycles. The lowest BCUT2D eigenvalue weighted by atomic mass is 10.0. The first-order valence-corrected chi connectivity index (χ1v) is 9.17. The maximum Gasteiger partial charge on any atom is 0.263 e. The van der Waals surface area contributed by atoms with Crippen molar-refractivity contribution in [3.05, 3.63) is 33.1 Å². The number of aryl methyl sites for hydroxylation is 3. The molecule has 0 aliphatic rings. The lowest BCUT2D eigenvalue weighted by Gasteiger charge is -2.08. The number of hydrogen-bond acceptors (Lipinski definition) is 6. The van der Waals surface area contributed by atoms with Crippen LogP contribution in [0.25, 0.3) is 0 Å². The second kappa shape index (κ2) is 8.94. The highest BCUT2D eigenvalue weighted by Crippen LogP contribution is 2.20. The van der Waals surface area contributed by atoms with Gasteiger partial charge in [0.05, 0.1) is 23.5 Å². The Morgan fingerprint density at radius 3 is 2.92 bits per heavy atom. The fourth-order valence-electron chi connectivity index (χ4n) is 2.40. The quantitative estimate of drug-likeness (QED) is 0.725. The summed E-state index contributed by atoms with van der Waals surface area (Å²) in [6.45, 7) is 5.78. The summed E-state index contributed by atoms with van der Waals surface area (Å²) in [4.78, 5) is 16.9. The molecule has 1 atom stereocenters. The standard InChI is InChI=1S/C17H25N3O3S/c1-4-5-6-14-13(12(3)23-20-14)7-8-16-18-9-15(24-16)17(22)19-11(2)10-21/h9,11,21H,4-8,10H2,1-3H3,(H,19,22)/t11-/m0/s1. The van der Waals surface area contributed by atoms with E-state index in [9.17, 15) is 4.79 Å². The number of unbranched alkanes of at least 4 members (excludes halogenated alkanes) is 1. The van der Waals surface area contributed by atoms with E-state index in [2.05, 4.69) is 22.4 Å². The number of aromatic nitrogens is 2. The summed E-state index contributed by atoms with van der Waals surface area (Å²) < 4.78 is 5.33. The second-order valence-electron chi connectivity index (χ2n) is 5.94. The first-order chi connectivity index (χ1) is 11.5. The van der Waals surface area contributed by atoms with E-state index >= 15 is 0 Å². The molecule has 2 rings (SSSR count). The highest BCUT2D eigenvalue weighted by Gasteiger charge is 2.15. The van der Waals surface area contributed by atoms with Crippen molar-refractivity contribution >= 4 is 17.2 Å². The number of carbonyl (C=O) groups excluding carboxylic acids is 1. The van der Waals surface area contributed by atoms with Crippen LogP contribution in [0.3, 0.4) is 0 Å². The molecule has 0 bridgehead atoms. The first kappa shape index (κ1) is 18.6. The Balaban J connectivity index is 1.96. The molecule has 0 saturated carbocycles. The Hall–Kier alpha value is -1.73. The third-order valence-corrected chi connectivity index (χ3v) is 4.91. The molecule has 0 saturated heterocycles. The van der Waals surface area contributed by atoms with Gasteiger partial charge in [-0.2, -0.15) is 0 Å². The fourth-order valence-corrected chi connectivity index (χ4v) is 3.22. The van der Waals surface area contributed by atoms with Gasteiger partial charge in [0.1, 0.15) is 10.6 Å². The largest absolute Gasteiger partial charge is 0.394 e. The SMILES string of the molecule is CCCCc1noc(C)c1CCc1ncc(C(=O)N[C@@H](C)CO)s1. The highest BCUT2D eigenvalue weighted by atomic mass is 32.1. The monoisotopic (exact) mass is 351 g/mol. The minimum Gasteiger partial charge on any atom is -0.394 e. The van der Waals surface area contributed by atoms with Crippen LogP contribution in [0.1, 0.15) is 58.4 Å². The molecule has 7 heteroatoms. The van der Waals surface area contributed by atoms with Crippen molar-refractivity contribution in [3.63, 3.8) is 0 Å². The summed E-state index contributed by atoms with van der Waals surface area (Å²) in [5.74, 6) is 0.678. The Bertz CT molecular complexity index is 666. The van der Waals surface area contributed by atoms with Crippen LogP contribution in [0.4, 0.5) is 0 Å². The van der Waals surface area contributed by atoms with E-state index in [1.165, 1.54) is 16.9 Å². The third-order valence-electron chi connectivity index (χ3n) is 3.85. The zero-order valence-corrected chi connectivity index (χ0v) is 15.3. The van der Waals surface area contributed by atoms with E-state index in [1.807, 2.05) is 6.92 Å². The van der Waals surface area contributed by atoms with Crippen LogP contribution in [0, 0.1) is 6.92 Å². The Labute approximate surface area is 146 Å². The predicted molar refractivity (Wildman–Crippen MR) is 93.4 cm³/mol. The predicted octanol–water partition coefficient (Wildman–Crippen LogP) is 2.68. The summed E-state index contributed by atoms with van der Waals surface area (Å²) in [5, 5.41) is 16.8. The number of rotatable bonds is 9. The lowest BCUT2D eigenvalue weighted by Crippen LogP contribution is -2.34. The fraction of sp³-hybridized carbons (Fsp3) is 0.588. The normalized spacial score (nSPS) is 12.3. The van der Waals surface area contributed by atoms with Crippen LogP contribution in [0.2, 0.25) is 0 Å². The van der Waals surface area contributed by atoms with Crippen LogP contribution in [0.15, 0.2) is 10.7 Å². The smallest absolute Gasteiger partial charge is 0.263 e. The molecule has 2 aromatic heterocycles. The molecule has 2 aromatic rings. The number of nitrogens with one attached hydrogen (secondary N) is 1. The molecular weight excluding hydrogens is 326 g/mol. The number of hydrogen-bond donors (Lipinski definition) is 2. The van der Waals surface area contributed by atoms with E-state index in [0.29, 0.717) is 4.88 Å². The number of aliphatic hydroxyl groups is 1. The number of aliphatic hydroxyl groups excluding tert-OH is 1. The summed E-state index contributed by atoms with van der Waals surface area (Å²) >= 11 is 1.39. The molecular formula is C17H25N3O3S. The van der Waals surface area contributed by atoms with E-state index in [4.69, 9.17) is 9.63 Å². The topological polar surface area (TPSA) is 88.2 Å². The van der Waals surface area contributed by atoms with Gasteiger partial charge in [0.2, 0.25) is 0 Å². The van der Waals surface area contributed by atoms with Gasteiger partial charge in [-0.05, 0) is 33.1 Å². The van der Waals surface area contributed by atoms with E-state index in [-0.39, 0.29) is 18.6 Å². The van der Waals surface area contributed by atoms with Gasteiger partial charge in [-0.25, -0.2) is 4.98 Å². The maximum absolute atomic E-state index is 12.0. The van der Waals surface area contributed by atoms with Crippen LogP contribution in [-0.4, -0.2) is 33.8 Å². The molecule has 2 heterocycles. The van der Waals surface area contributed by atoms with Crippen molar-refractivity contribution in [2.45, 2.75) is 58.9 Å². The third kappa shape index (κ3) is 4.88. The minimum absolute atomic E-state index is 0.0787. The van der Waals surface area contributed by atoms with Gasteiger partial charge >= 0.3 is 0 Å². The van der Waals surface area contributed by atoms with Crippen molar-refractivity contribution in [1.82, 2.24) is 15.5 Å². The van der Waals surface area contributed by atoms with Crippen LogP contribution in [0.5, 0.6) is 0 Å². The van der Waals surface area contributed by atoms with Crippen molar-refractivity contribution in [2.24, 2.45) is 0 Å². The Kier molecular flexibility index (Phi) is 6.93. The van der Waals surface area contributed by atoms with Crippen LogP contribution < -0.4 is 5.32 Å². The van der Waals surface area contributed by atoms with Gasteiger partial charge in [-0.3, -0.25) is 4.79 Å². The maximum atomic E-state index is 12.0. The summed E-state index contributed by atoms with van der Waals surface area (Å²) in [6.07, 6.45) is 6.34. The average molecular weight is 351 g/mol. The molecule has 6 nitrogen and oxygen atoms in total. The van der Waals surface area contributed by atoms with E-state index in [0.717, 1.165) is 48.6 Å². The number of nitrogens with zero attached hydrogens (tertiary/aromatic N) is 2. The first-order valence-electron chi connectivity index (χ1n) is 8.35. The van der Waals surface area contributed by atoms with Gasteiger partial charge in [0.25, 0.3) is 5.91 Å². The number of amides is 1. The molecule has 0 radical (unpaired) electrons. The van der Waals surface area contributed by atoms with Crippen molar-refractivity contribution in [3.8, 4) is 0 Å². The average Bonchev–Trinajstić information content (AvgIpc) is 3.18. The van der Waals surface area contributed by atoms with Crippen LogP contribution >= 0.6 is 11.3 Å². The minimum atomic E-state index is -0.260. The van der Waals surface area contributed by atoms with Gasteiger partial charge in [0.15, 0.2) is 0 Å². The van der Waals surface area contributed by atoms with Gasteiger partial charge in [-0.15, -0.1) is 11.3 Å². The summed E-state index contributed by atoms with van der Waals surface area (Å²) in [7, 11) is 0. The van der Waals surface area contributed by atoms with Gasteiger partial charge in [-0.1, -0.05) is 18.5 Å². The molecule has 0 aliphatic carbocycles.